The van der Waals surface area contributed by atoms with Crippen LogP contribution in [0.5, 0.6) is 0 Å². The summed E-state index contributed by atoms with van der Waals surface area (Å²) in [7, 11) is 0. The largest absolute Gasteiger partial charge is 0.444 e. The van der Waals surface area contributed by atoms with E-state index >= 15 is 0 Å². The highest BCUT2D eigenvalue weighted by Gasteiger charge is 2.28. The second-order valence-electron chi connectivity index (χ2n) is 4.36. The van der Waals surface area contributed by atoms with Crippen LogP contribution in [-0.2, 0) is 4.74 Å². The molecule has 0 aromatic heterocycles. The van der Waals surface area contributed by atoms with Crippen LogP contribution in [0.1, 0.15) is 20.8 Å². The molecule has 4 nitrogen and oxygen atoms in total. The Morgan fingerprint density at radius 2 is 2.14 bits per heavy atom. The van der Waals surface area contributed by atoms with Gasteiger partial charge >= 0.3 is 6.09 Å². The van der Waals surface area contributed by atoms with Gasteiger partial charge in [-0.15, -0.1) is 0 Å². The molecule has 0 aromatic carbocycles. The number of rotatable bonds is 1. The summed E-state index contributed by atoms with van der Waals surface area (Å²) in [5, 5.41) is 12.1. The summed E-state index contributed by atoms with van der Waals surface area (Å²) >= 11 is 1.63. The first-order chi connectivity index (χ1) is 6.38. The van der Waals surface area contributed by atoms with Crippen molar-refractivity contribution in [3.63, 3.8) is 0 Å². The molecule has 14 heavy (non-hydrogen) atoms. The number of ether oxygens (including phenoxy) is 1. The molecule has 1 aliphatic rings. The number of aliphatic hydroxyl groups is 1. The first kappa shape index (κ1) is 11.7. The van der Waals surface area contributed by atoms with Crippen LogP contribution in [0.4, 0.5) is 4.79 Å². The summed E-state index contributed by atoms with van der Waals surface area (Å²) < 4.78 is 5.08. The number of nitrogens with one attached hydrogen (secondary N) is 1. The van der Waals surface area contributed by atoms with Gasteiger partial charge in [0.15, 0.2) is 0 Å². The average molecular weight is 219 g/mol. The van der Waals surface area contributed by atoms with Gasteiger partial charge in [0.2, 0.25) is 0 Å². The van der Waals surface area contributed by atoms with Crippen molar-refractivity contribution in [2.75, 3.05) is 11.5 Å². The van der Waals surface area contributed by atoms with E-state index in [9.17, 15) is 9.90 Å². The van der Waals surface area contributed by atoms with Crippen molar-refractivity contribution in [2.24, 2.45) is 0 Å². The molecule has 2 unspecified atom stereocenters. The van der Waals surface area contributed by atoms with Gasteiger partial charge in [-0.25, -0.2) is 4.79 Å². The Bertz CT molecular complexity index is 215. The molecule has 5 heteroatoms. The Morgan fingerprint density at radius 1 is 1.50 bits per heavy atom. The van der Waals surface area contributed by atoms with Gasteiger partial charge in [0, 0.05) is 11.5 Å². The molecule has 0 spiro atoms. The standard InChI is InChI=1S/C9H17NO3S/c1-9(2,3)13-8(12)10-6-4-14-5-7(6)11/h6-7,11H,4-5H2,1-3H3,(H,10,12). The predicted octanol–water partition coefficient (Wildman–Crippen LogP) is 0.987. The molecule has 0 radical (unpaired) electrons. The molecule has 1 amide bonds. The lowest BCUT2D eigenvalue weighted by Crippen LogP contribution is -2.44. The summed E-state index contributed by atoms with van der Waals surface area (Å²) in [6, 6.07) is -0.171. The zero-order valence-electron chi connectivity index (χ0n) is 8.74. The molecular formula is C9H17NO3S. The van der Waals surface area contributed by atoms with Gasteiger partial charge < -0.3 is 15.2 Å². The fourth-order valence-electron chi connectivity index (χ4n) is 1.14. The maximum Gasteiger partial charge on any atom is 0.407 e. The van der Waals surface area contributed by atoms with Crippen molar-refractivity contribution >= 4 is 17.9 Å². The van der Waals surface area contributed by atoms with E-state index in [0.29, 0.717) is 5.75 Å². The first-order valence-electron chi connectivity index (χ1n) is 4.64. The topological polar surface area (TPSA) is 58.6 Å². The molecule has 0 aliphatic carbocycles. The number of aliphatic hydroxyl groups excluding tert-OH is 1. The normalized spacial score (nSPS) is 27.4. The number of alkyl carbamates (subject to hydrolysis) is 1. The summed E-state index contributed by atoms with van der Waals surface area (Å²) in [6.45, 7) is 5.44. The van der Waals surface area contributed by atoms with E-state index in [-0.39, 0.29) is 6.04 Å². The van der Waals surface area contributed by atoms with E-state index in [1.807, 2.05) is 20.8 Å². The molecule has 1 aliphatic heterocycles. The number of amides is 1. The van der Waals surface area contributed by atoms with Crippen molar-refractivity contribution in [3.05, 3.63) is 0 Å². The predicted molar refractivity (Wildman–Crippen MR) is 56.5 cm³/mol. The van der Waals surface area contributed by atoms with Crippen molar-refractivity contribution in [2.45, 2.75) is 38.5 Å². The zero-order chi connectivity index (χ0) is 10.8. The molecule has 1 saturated heterocycles. The minimum atomic E-state index is -0.485. The van der Waals surface area contributed by atoms with Gasteiger partial charge in [-0.3, -0.25) is 0 Å². The molecule has 82 valence electrons. The lowest BCUT2D eigenvalue weighted by Gasteiger charge is -2.22. The van der Waals surface area contributed by atoms with E-state index in [1.165, 1.54) is 0 Å². The Morgan fingerprint density at radius 3 is 2.57 bits per heavy atom. The molecular weight excluding hydrogens is 202 g/mol. The number of hydrogen-bond donors (Lipinski definition) is 2. The smallest absolute Gasteiger partial charge is 0.407 e. The third kappa shape index (κ3) is 3.75. The van der Waals surface area contributed by atoms with Crippen LogP contribution in [0.2, 0.25) is 0 Å². The maximum absolute atomic E-state index is 11.3. The monoisotopic (exact) mass is 219 g/mol. The minimum Gasteiger partial charge on any atom is -0.444 e. The summed E-state index contributed by atoms with van der Waals surface area (Å²) in [6.07, 6.45) is -0.906. The minimum absolute atomic E-state index is 0.171. The second kappa shape index (κ2) is 4.40. The van der Waals surface area contributed by atoms with E-state index in [1.54, 1.807) is 11.8 Å². The fraction of sp³-hybridized carbons (Fsp3) is 0.889. The average Bonchev–Trinajstić information content (AvgIpc) is 2.32. The van der Waals surface area contributed by atoms with Crippen LogP contribution < -0.4 is 5.32 Å². The van der Waals surface area contributed by atoms with Gasteiger partial charge in [-0.05, 0) is 20.8 Å². The molecule has 2 N–H and O–H groups in total. The molecule has 0 saturated carbocycles. The molecule has 0 aromatic rings. The molecule has 1 fully saturated rings. The number of hydrogen-bond acceptors (Lipinski definition) is 4. The van der Waals surface area contributed by atoms with Crippen molar-refractivity contribution in [1.82, 2.24) is 5.32 Å². The lowest BCUT2D eigenvalue weighted by atomic mass is 10.2. The van der Waals surface area contributed by atoms with Gasteiger partial charge in [0.05, 0.1) is 12.1 Å². The van der Waals surface area contributed by atoms with Crippen LogP contribution >= 0.6 is 11.8 Å². The Kier molecular flexibility index (Phi) is 3.66. The second-order valence-corrected chi connectivity index (χ2v) is 5.43. The van der Waals surface area contributed by atoms with E-state index in [4.69, 9.17) is 4.74 Å². The molecule has 2 atom stereocenters. The summed E-state index contributed by atoms with van der Waals surface area (Å²) in [5.74, 6) is 1.43. The van der Waals surface area contributed by atoms with Gasteiger partial charge in [-0.1, -0.05) is 0 Å². The van der Waals surface area contributed by atoms with Crippen molar-refractivity contribution < 1.29 is 14.6 Å². The number of carbonyl (C=O) groups is 1. The third-order valence-electron chi connectivity index (χ3n) is 1.75. The van der Waals surface area contributed by atoms with E-state index < -0.39 is 17.8 Å². The highest BCUT2D eigenvalue weighted by atomic mass is 32.2. The molecule has 1 rings (SSSR count). The van der Waals surface area contributed by atoms with Crippen LogP contribution in [0, 0.1) is 0 Å². The van der Waals surface area contributed by atoms with Crippen LogP contribution in [0.3, 0.4) is 0 Å². The van der Waals surface area contributed by atoms with Crippen molar-refractivity contribution in [1.29, 1.82) is 0 Å². The van der Waals surface area contributed by atoms with Gasteiger partial charge in [0.25, 0.3) is 0 Å². The highest BCUT2D eigenvalue weighted by Crippen LogP contribution is 2.18. The molecule has 1 heterocycles. The van der Waals surface area contributed by atoms with Gasteiger partial charge in [-0.2, -0.15) is 11.8 Å². The summed E-state index contributed by atoms with van der Waals surface area (Å²) in [4.78, 5) is 11.3. The van der Waals surface area contributed by atoms with E-state index in [2.05, 4.69) is 5.32 Å². The number of carbonyl (C=O) groups excluding carboxylic acids is 1. The highest BCUT2D eigenvalue weighted by molar-refractivity contribution is 7.99. The zero-order valence-corrected chi connectivity index (χ0v) is 9.56. The Balaban J connectivity index is 2.33. The lowest BCUT2D eigenvalue weighted by molar-refractivity contribution is 0.0461. The van der Waals surface area contributed by atoms with Gasteiger partial charge in [0.1, 0.15) is 5.60 Å². The van der Waals surface area contributed by atoms with Crippen LogP contribution in [0.25, 0.3) is 0 Å². The maximum atomic E-state index is 11.3. The number of thioether (sulfide) groups is 1. The van der Waals surface area contributed by atoms with Crippen LogP contribution in [-0.4, -0.2) is 40.5 Å². The SMILES string of the molecule is CC(C)(C)OC(=O)NC1CSCC1O. The van der Waals surface area contributed by atoms with Crippen molar-refractivity contribution in [3.8, 4) is 0 Å². The van der Waals surface area contributed by atoms with E-state index in [0.717, 1.165) is 5.75 Å². The Labute approximate surface area is 88.4 Å². The Hall–Kier alpha value is -0.420. The quantitative estimate of drug-likeness (QED) is 0.690. The third-order valence-corrected chi connectivity index (χ3v) is 2.92. The van der Waals surface area contributed by atoms with Crippen LogP contribution in [0.15, 0.2) is 0 Å². The fourth-order valence-corrected chi connectivity index (χ4v) is 2.31. The molecule has 0 bridgehead atoms. The summed E-state index contributed by atoms with van der Waals surface area (Å²) in [5.41, 5.74) is -0.485. The first-order valence-corrected chi connectivity index (χ1v) is 5.79.